The number of Topliss-reactive ketones (excluding diaryl/α,β-unsaturated/α-hetero) is 1. The van der Waals surface area contributed by atoms with Crippen molar-refractivity contribution in [3.63, 3.8) is 0 Å². The first kappa shape index (κ1) is 23.8. The van der Waals surface area contributed by atoms with E-state index in [1.54, 1.807) is 24.5 Å². The Morgan fingerprint density at radius 3 is 2.44 bits per heavy atom. The zero-order valence-electron chi connectivity index (χ0n) is 19.2. The highest BCUT2D eigenvalue weighted by Gasteiger charge is 2.24. The summed E-state index contributed by atoms with van der Waals surface area (Å²) in [4.78, 5) is 25.6. The predicted octanol–water partition coefficient (Wildman–Crippen LogP) is 7.08. The summed E-state index contributed by atoms with van der Waals surface area (Å²) < 4.78 is 27.9. The number of hydrogen-bond donors (Lipinski definition) is 1. The number of H-pyrrole nitrogens is 1. The third-order valence-corrected chi connectivity index (χ3v) is 6.42. The normalized spacial score (nSPS) is 12.1. The van der Waals surface area contributed by atoms with Gasteiger partial charge >= 0.3 is 0 Å². The number of halogens is 3. The molecule has 3 aromatic carbocycles. The number of fused-ring (bicyclic) bond motifs is 1. The van der Waals surface area contributed by atoms with E-state index in [0.717, 1.165) is 28.1 Å². The molecule has 4 nitrogen and oxygen atoms in total. The van der Waals surface area contributed by atoms with Crippen molar-refractivity contribution in [2.75, 3.05) is 0 Å². The molecular weight excluding hydrogens is 480 g/mol. The summed E-state index contributed by atoms with van der Waals surface area (Å²) in [5.74, 6) is -1.77. The van der Waals surface area contributed by atoms with E-state index in [1.807, 2.05) is 42.6 Å². The summed E-state index contributed by atoms with van der Waals surface area (Å²) in [6.45, 7) is 0. The SMILES string of the molecule is O=C(Cc1c[nH]c2ccccc12)CC(Cc1cc(F)cc(F)c1)c1nccnc1-c1ccc(Cl)cc1. The number of aromatic nitrogens is 3. The fraction of sp³-hybridized carbons (Fsp3) is 0.138. The minimum atomic E-state index is -0.661. The molecule has 0 aliphatic rings. The average Bonchev–Trinajstić information content (AvgIpc) is 3.26. The Labute approximate surface area is 212 Å². The van der Waals surface area contributed by atoms with E-state index in [4.69, 9.17) is 11.6 Å². The largest absolute Gasteiger partial charge is 0.361 e. The van der Waals surface area contributed by atoms with Gasteiger partial charge in [-0.2, -0.15) is 0 Å². The first-order valence-corrected chi connectivity index (χ1v) is 11.9. The molecular formula is C29H22ClF2N3O. The smallest absolute Gasteiger partial charge is 0.138 e. The minimum Gasteiger partial charge on any atom is -0.361 e. The van der Waals surface area contributed by atoms with Crippen LogP contribution in [0.5, 0.6) is 0 Å². The monoisotopic (exact) mass is 501 g/mol. The molecule has 0 spiro atoms. The molecule has 0 saturated carbocycles. The van der Waals surface area contributed by atoms with Crippen LogP contribution in [-0.4, -0.2) is 20.7 Å². The third-order valence-electron chi connectivity index (χ3n) is 6.17. The summed E-state index contributed by atoms with van der Waals surface area (Å²) in [7, 11) is 0. The van der Waals surface area contributed by atoms with E-state index >= 15 is 0 Å². The van der Waals surface area contributed by atoms with Crippen molar-refractivity contribution in [2.24, 2.45) is 0 Å². The molecule has 5 rings (SSSR count). The highest BCUT2D eigenvalue weighted by Crippen LogP contribution is 2.32. The number of carbonyl (C=O) groups excluding carboxylic acids is 1. The van der Waals surface area contributed by atoms with Gasteiger partial charge in [0.25, 0.3) is 0 Å². The van der Waals surface area contributed by atoms with Crippen LogP contribution in [0.3, 0.4) is 0 Å². The van der Waals surface area contributed by atoms with Gasteiger partial charge in [-0.1, -0.05) is 41.9 Å². The molecule has 0 saturated heterocycles. The van der Waals surface area contributed by atoms with E-state index in [-0.39, 0.29) is 25.0 Å². The molecule has 1 atom stereocenters. The topological polar surface area (TPSA) is 58.6 Å². The number of nitrogens with zero attached hydrogens (tertiary/aromatic N) is 2. The number of nitrogens with one attached hydrogen (secondary N) is 1. The quantitative estimate of drug-likeness (QED) is 0.247. The summed E-state index contributed by atoms with van der Waals surface area (Å²) in [6, 6.07) is 18.4. The molecule has 0 radical (unpaired) electrons. The second kappa shape index (κ2) is 10.4. The highest BCUT2D eigenvalue weighted by atomic mass is 35.5. The van der Waals surface area contributed by atoms with Crippen LogP contribution in [-0.2, 0) is 17.6 Å². The number of carbonyl (C=O) groups is 1. The maximum atomic E-state index is 14.0. The van der Waals surface area contributed by atoms with Crippen LogP contribution in [0.4, 0.5) is 8.78 Å². The fourth-order valence-corrected chi connectivity index (χ4v) is 4.72. The van der Waals surface area contributed by atoms with Crippen LogP contribution < -0.4 is 0 Å². The molecule has 1 N–H and O–H groups in total. The van der Waals surface area contributed by atoms with Crippen LogP contribution in [0.25, 0.3) is 22.2 Å². The van der Waals surface area contributed by atoms with Crippen LogP contribution in [0.15, 0.2) is 85.3 Å². The van der Waals surface area contributed by atoms with Gasteiger partial charge in [0.15, 0.2) is 0 Å². The zero-order chi connectivity index (χ0) is 25.1. The van der Waals surface area contributed by atoms with Gasteiger partial charge in [0.2, 0.25) is 0 Å². The van der Waals surface area contributed by atoms with Crippen molar-refractivity contribution >= 4 is 28.3 Å². The lowest BCUT2D eigenvalue weighted by Gasteiger charge is -2.19. The Kier molecular flexibility index (Phi) is 6.87. The molecule has 7 heteroatoms. The van der Waals surface area contributed by atoms with Gasteiger partial charge in [0.1, 0.15) is 17.4 Å². The first-order chi connectivity index (χ1) is 17.5. The van der Waals surface area contributed by atoms with Gasteiger partial charge in [0.05, 0.1) is 11.4 Å². The fourth-order valence-electron chi connectivity index (χ4n) is 4.59. The lowest BCUT2D eigenvalue weighted by atomic mass is 9.87. The minimum absolute atomic E-state index is 0.00524. The molecule has 0 aliphatic heterocycles. The lowest BCUT2D eigenvalue weighted by Crippen LogP contribution is -2.15. The number of hydrogen-bond acceptors (Lipinski definition) is 3. The highest BCUT2D eigenvalue weighted by molar-refractivity contribution is 6.30. The molecule has 0 fully saturated rings. The van der Waals surface area contributed by atoms with E-state index in [1.165, 1.54) is 12.1 Å². The van der Waals surface area contributed by atoms with Gasteiger partial charge < -0.3 is 4.98 Å². The maximum Gasteiger partial charge on any atom is 0.138 e. The average molecular weight is 502 g/mol. The van der Waals surface area contributed by atoms with Crippen LogP contribution >= 0.6 is 11.6 Å². The van der Waals surface area contributed by atoms with E-state index in [0.29, 0.717) is 22.0 Å². The van der Waals surface area contributed by atoms with Crippen molar-refractivity contribution in [1.29, 1.82) is 0 Å². The van der Waals surface area contributed by atoms with Gasteiger partial charge in [-0.05, 0) is 47.9 Å². The Morgan fingerprint density at radius 1 is 0.944 bits per heavy atom. The van der Waals surface area contributed by atoms with Gasteiger partial charge in [0, 0.05) is 64.9 Å². The van der Waals surface area contributed by atoms with Crippen molar-refractivity contribution < 1.29 is 13.6 Å². The Bertz CT molecular complexity index is 1510. The molecule has 5 aromatic rings. The van der Waals surface area contributed by atoms with Crippen molar-refractivity contribution in [3.05, 3.63) is 119 Å². The predicted molar refractivity (Wildman–Crippen MR) is 137 cm³/mol. The number of para-hydroxylation sites is 1. The van der Waals surface area contributed by atoms with Crippen LogP contribution in [0, 0.1) is 11.6 Å². The summed E-state index contributed by atoms with van der Waals surface area (Å²) in [5, 5.41) is 1.58. The van der Waals surface area contributed by atoms with Crippen molar-refractivity contribution in [3.8, 4) is 11.3 Å². The van der Waals surface area contributed by atoms with E-state index < -0.39 is 17.6 Å². The number of rotatable bonds is 8. The molecule has 0 bridgehead atoms. The summed E-state index contributed by atoms with van der Waals surface area (Å²) in [6.07, 6.45) is 5.60. The molecule has 36 heavy (non-hydrogen) atoms. The summed E-state index contributed by atoms with van der Waals surface area (Å²) in [5.41, 5.74) is 4.31. The lowest BCUT2D eigenvalue weighted by molar-refractivity contribution is -0.118. The molecule has 2 heterocycles. The molecule has 2 aromatic heterocycles. The molecule has 0 amide bonds. The molecule has 180 valence electrons. The molecule has 1 unspecified atom stereocenters. The van der Waals surface area contributed by atoms with E-state index in [9.17, 15) is 13.6 Å². The first-order valence-electron chi connectivity index (χ1n) is 11.5. The van der Waals surface area contributed by atoms with Crippen molar-refractivity contribution in [1.82, 2.24) is 15.0 Å². The van der Waals surface area contributed by atoms with Gasteiger partial charge in [-0.3, -0.25) is 14.8 Å². The number of ketones is 1. The van der Waals surface area contributed by atoms with Gasteiger partial charge in [-0.15, -0.1) is 0 Å². The Balaban J connectivity index is 1.49. The second-order valence-corrected chi connectivity index (χ2v) is 9.19. The molecule has 0 aliphatic carbocycles. The Hall–Kier alpha value is -3.90. The zero-order valence-corrected chi connectivity index (χ0v) is 20.0. The third kappa shape index (κ3) is 5.34. The second-order valence-electron chi connectivity index (χ2n) is 8.75. The van der Waals surface area contributed by atoms with Crippen LogP contribution in [0.2, 0.25) is 5.02 Å². The summed E-state index contributed by atoms with van der Waals surface area (Å²) >= 11 is 6.06. The van der Waals surface area contributed by atoms with E-state index in [2.05, 4.69) is 15.0 Å². The number of aromatic amines is 1. The van der Waals surface area contributed by atoms with Gasteiger partial charge in [-0.25, -0.2) is 8.78 Å². The number of benzene rings is 3. The Morgan fingerprint density at radius 2 is 1.67 bits per heavy atom. The maximum absolute atomic E-state index is 14.0. The standard InChI is InChI=1S/C29H22ClF2N3O/c30-22-7-5-19(6-8-22)28-29(34-10-9-33-28)20(11-18-12-23(31)16-24(32)13-18)14-25(36)15-21-17-35-27-4-2-1-3-26(21)27/h1-10,12-13,16-17,20,35H,11,14-15H2. The van der Waals surface area contributed by atoms with Crippen molar-refractivity contribution in [2.45, 2.75) is 25.2 Å². The van der Waals surface area contributed by atoms with Crippen LogP contribution in [0.1, 0.15) is 29.2 Å².